The number of rotatable bonds is 5. The van der Waals surface area contributed by atoms with Crippen LogP contribution in [0.25, 0.3) is 0 Å². The Kier molecular flexibility index (Phi) is 4.99. The standard InChI is InChI=1S/C20H19FN2O2/c21-16-8-6-15(7-9-16)13-25-18-5-3-4-17(12-18)23-19(24)20(14-22)10-1-2-11-20/h3-9,12H,1-2,10-11,13H2,(H,23,24). The maximum Gasteiger partial charge on any atom is 0.244 e. The Morgan fingerprint density at radius 2 is 1.92 bits per heavy atom. The van der Waals surface area contributed by atoms with Gasteiger partial charge in [-0.05, 0) is 42.7 Å². The molecule has 3 rings (SSSR count). The van der Waals surface area contributed by atoms with Gasteiger partial charge < -0.3 is 10.1 Å². The first-order chi connectivity index (χ1) is 12.1. The average molecular weight is 338 g/mol. The van der Waals surface area contributed by atoms with E-state index in [0.29, 0.717) is 30.9 Å². The number of carbonyl (C=O) groups is 1. The molecule has 5 heteroatoms. The molecule has 1 fully saturated rings. The van der Waals surface area contributed by atoms with Gasteiger partial charge in [-0.1, -0.05) is 31.0 Å². The quantitative estimate of drug-likeness (QED) is 0.877. The second-order valence-electron chi connectivity index (χ2n) is 6.30. The third-order valence-electron chi connectivity index (χ3n) is 4.52. The number of hydrogen-bond donors (Lipinski definition) is 1. The Hall–Kier alpha value is -2.87. The van der Waals surface area contributed by atoms with Crippen LogP contribution in [-0.2, 0) is 11.4 Å². The summed E-state index contributed by atoms with van der Waals surface area (Å²) in [5, 5.41) is 12.2. The summed E-state index contributed by atoms with van der Waals surface area (Å²) < 4.78 is 18.6. The molecule has 0 aliphatic heterocycles. The summed E-state index contributed by atoms with van der Waals surface area (Å²) in [6.45, 7) is 0.305. The lowest BCUT2D eigenvalue weighted by Gasteiger charge is -2.19. The second-order valence-corrected chi connectivity index (χ2v) is 6.30. The van der Waals surface area contributed by atoms with Crippen LogP contribution >= 0.6 is 0 Å². The smallest absolute Gasteiger partial charge is 0.244 e. The Morgan fingerprint density at radius 1 is 1.20 bits per heavy atom. The zero-order valence-electron chi connectivity index (χ0n) is 13.8. The molecule has 1 N–H and O–H groups in total. The lowest BCUT2D eigenvalue weighted by Crippen LogP contribution is -2.32. The van der Waals surface area contributed by atoms with Gasteiger partial charge in [-0.25, -0.2) is 4.39 Å². The number of anilines is 1. The number of benzene rings is 2. The molecule has 0 aromatic heterocycles. The van der Waals surface area contributed by atoms with Gasteiger partial charge in [0.2, 0.25) is 5.91 Å². The highest BCUT2D eigenvalue weighted by Gasteiger charge is 2.41. The molecular formula is C20H19FN2O2. The lowest BCUT2D eigenvalue weighted by atomic mass is 9.87. The van der Waals surface area contributed by atoms with Crippen molar-refractivity contribution in [1.82, 2.24) is 0 Å². The fourth-order valence-electron chi connectivity index (χ4n) is 3.03. The summed E-state index contributed by atoms with van der Waals surface area (Å²) >= 11 is 0. The van der Waals surface area contributed by atoms with E-state index in [-0.39, 0.29) is 11.7 Å². The Morgan fingerprint density at radius 3 is 2.60 bits per heavy atom. The van der Waals surface area contributed by atoms with E-state index in [1.807, 2.05) is 0 Å². The highest BCUT2D eigenvalue weighted by Crippen LogP contribution is 2.38. The van der Waals surface area contributed by atoms with Crippen LogP contribution in [0.3, 0.4) is 0 Å². The molecule has 1 amide bonds. The minimum absolute atomic E-state index is 0.247. The van der Waals surface area contributed by atoms with Crippen molar-refractivity contribution in [3.63, 3.8) is 0 Å². The van der Waals surface area contributed by atoms with Gasteiger partial charge in [-0.2, -0.15) is 5.26 Å². The van der Waals surface area contributed by atoms with Crippen LogP contribution in [0.4, 0.5) is 10.1 Å². The van der Waals surface area contributed by atoms with Crippen molar-refractivity contribution >= 4 is 11.6 Å². The Balaban J connectivity index is 1.64. The maximum atomic E-state index is 12.9. The summed E-state index contributed by atoms with van der Waals surface area (Å²) in [7, 11) is 0. The first-order valence-corrected chi connectivity index (χ1v) is 8.31. The van der Waals surface area contributed by atoms with Gasteiger partial charge in [0.25, 0.3) is 0 Å². The molecule has 0 radical (unpaired) electrons. The number of nitriles is 1. The van der Waals surface area contributed by atoms with Crippen LogP contribution in [0.5, 0.6) is 5.75 Å². The van der Waals surface area contributed by atoms with Gasteiger partial charge in [0.1, 0.15) is 23.6 Å². The summed E-state index contributed by atoms with van der Waals surface area (Å²) in [5.41, 5.74) is 0.540. The topological polar surface area (TPSA) is 62.1 Å². The highest BCUT2D eigenvalue weighted by atomic mass is 19.1. The molecule has 2 aromatic carbocycles. The van der Waals surface area contributed by atoms with Crippen molar-refractivity contribution in [2.24, 2.45) is 5.41 Å². The second kappa shape index (κ2) is 7.35. The normalized spacial score (nSPS) is 15.4. The molecule has 2 aromatic rings. The van der Waals surface area contributed by atoms with Crippen molar-refractivity contribution in [1.29, 1.82) is 5.26 Å². The first kappa shape index (κ1) is 17.0. The Labute approximate surface area is 146 Å². The molecule has 1 saturated carbocycles. The van der Waals surface area contributed by atoms with Crippen molar-refractivity contribution in [3.05, 3.63) is 59.9 Å². The van der Waals surface area contributed by atoms with Crippen LogP contribution < -0.4 is 10.1 Å². The van der Waals surface area contributed by atoms with Gasteiger partial charge in [0, 0.05) is 11.8 Å². The Bertz CT molecular complexity index is 790. The number of nitrogens with zero attached hydrogens (tertiary/aromatic N) is 1. The molecular weight excluding hydrogens is 319 g/mol. The third kappa shape index (κ3) is 3.97. The molecule has 128 valence electrons. The zero-order chi connectivity index (χ0) is 17.7. The third-order valence-corrected chi connectivity index (χ3v) is 4.52. The van der Waals surface area contributed by atoms with E-state index < -0.39 is 5.41 Å². The predicted molar refractivity (Wildman–Crippen MR) is 92.3 cm³/mol. The summed E-state index contributed by atoms with van der Waals surface area (Å²) in [6, 6.07) is 15.4. The van der Waals surface area contributed by atoms with Gasteiger partial charge in [0.15, 0.2) is 0 Å². The number of ether oxygens (including phenoxy) is 1. The lowest BCUT2D eigenvalue weighted by molar-refractivity contribution is -0.122. The number of nitrogens with one attached hydrogen (secondary N) is 1. The fourth-order valence-corrected chi connectivity index (χ4v) is 3.03. The van der Waals surface area contributed by atoms with Gasteiger partial charge in [-0.3, -0.25) is 4.79 Å². The summed E-state index contributed by atoms with van der Waals surface area (Å²) in [5.74, 6) is 0.0644. The molecule has 0 heterocycles. The van der Waals surface area contributed by atoms with Gasteiger partial charge in [-0.15, -0.1) is 0 Å². The molecule has 0 spiro atoms. The van der Waals surface area contributed by atoms with E-state index in [4.69, 9.17) is 4.74 Å². The van der Waals surface area contributed by atoms with Gasteiger partial charge >= 0.3 is 0 Å². The van der Waals surface area contributed by atoms with E-state index in [9.17, 15) is 14.4 Å². The number of amides is 1. The monoisotopic (exact) mass is 338 g/mol. The van der Waals surface area contributed by atoms with Crippen LogP contribution in [0, 0.1) is 22.6 Å². The van der Waals surface area contributed by atoms with E-state index in [2.05, 4.69) is 11.4 Å². The highest BCUT2D eigenvalue weighted by molar-refractivity contribution is 5.97. The molecule has 25 heavy (non-hydrogen) atoms. The zero-order valence-corrected chi connectivity index (χ0v) is 13.8. The fraction of sp³-hybridized carbons (Fsp3) is 0.300. The largest absolute Gasteiger partial charge is 0.489 e. The molecule has 0 atom stereocenters. The molecule has 0 bridgehead atoms. The molecule has 1 aliphatic carbocycles. The first-order valence-electron chi connectivity index (χ1n) is 8.31. The van der Waals surface area contributed by atoms with E-state index in [0.717, 1.165) is 18.4 Å². The van der Waals surface area contributed by atoms with Crippen molar-refractivity contribution in [2.75, 3.05) is 5.32 Å². The van der Waals surface area contributed by atoms with Gasteiger partial charge in [0.05, 0.1) is 6.07 Å². The van der Waals surface area contributed by atoms with Crippen LogP contribution in [0.2, 0.25) is 0 Å². The molecule has 0 unspecified atom stereocenters. The van der Waals surface area contributed by atoms with Crippen LogP contribution in [0.1, 0.15) is 31.2 Å². The van der Waals surface area contributed by atoms with Crippen molar-refractivity contribution in [3.8, 4) is 11.8 Å². The number of hydrogen-bond acceptors (Lipinski definition) is 3. The molecule has 0 saturated heterocycles. The SMILES string of the molecule is N#CC1(C(=O)Nc2cccc(OCc3ccc(F)cc3)c2)CCCC1. The number of halogens is 1. The van der Waals surface area contributed by atoms with Crippen molar-refractivity contribution < 1.29 is 13.9 Å². The average Bonchev–Trinajstić information content (AvgIpc) is 3.12. The van der Waals surface area contributed by atoms with Crippen LogP contribution in [-0.4, -0.2) is 5.91 Å². The molecule has 4 nitrogen and oxygen atoms in total. The minimum Gasteiger partial charge on any atom is -0.489 e. The minimum atomic E-state index is -0.912. The number of carbonyl (C=O) groups excluding carboxylic acids is 1. The van der Waals surface area contributed by atoms with Crippen molar-refractivity contribution in [2.45, 2.75) is 32.3 Å². The summed E-state index contributed by atoms with van der Waals surface area (Å²) in [6.07, 6.45) is 3.02. The maximum absolute atomic E-state index is 12.9. The van der Waals surface area contributed by atoms with E-state index in [1.165, 1.54) is 12.1 Å². The predicted octanol–water partition coefficient (Wildman–Crippen LogP) is 4.43. The molecule has 1 aliphatic rings. The van der Waals surface area contributed by atoms with E-state index in [1.54, 1.807) is 36.4 Å². The summed E-state index contributed by atoms with van der Waals surface area (Å²) in [4.78, 5) is 12.5. The van der Waals surface area contributed by atoms with Crippen LogP contribution in [0.15, 0.2) is 48.5 Å². The van der Waals surface area contributed by atoms with E-state index >= 15 is 0 Å².